The molecule has 0 radical (unpaired) electrons. The van der Waals surface area contributed by atoms with Gasteiger partial charge in [0.25, 0.3) is 0 Å². The maximum Gasteiger partial charge on any atom is 0.407 e. The van der Waals surface area contributed by atoms with E-state index in [2.05, 4.69) is 22.6 Å². The molecule has 0 bridgehead atoms. The number of nitrogens with one attached hydrogen (secondary N) is 1. The fourth-order valence-electron chi connectivity index (χ4n) is 4.30. The number of alkyl carbamates (subject to hydrolysis) is 1. The van der Waals surface area contributed by atoms with Gasteiger partial charge < -0.3 is 10.1 Å². The first-order chi connectivity index (χ1) is 12.2. The molecule has 3 atom stereocenters. The molecule has 140 valence electrons. The molecule has 0 aliphatic heterocycles. The van der Waals surface area contributed by atoms with Crippen molar-refractivity contribution in [2.45, 2.75) is 64.7 Å². The summed E-state index contributed by atoms with van der Waals surface area (Å²) in [5.41, 5.74) is 2.44. The summed E-state index contributed by atoms with van der Waals surface area (Å²) < 4.78 is 7.38. The molecule has 0 spiro atoms. The molecule has 25 heavy (non-hydrogen) atoms. The van der Waals surface area contributed by atoms with E-state index in [4.69, 9.17) is 4.74 Å². The van der Waals surface area contributed by atoms with Crippen LogP contribution in [0, 0.1) is 17.8 Å². The molecule has 6 heteroatoms. The van der Waals surface area contributed by atoms with Crippen LogP contribution in [0.15, 0.2) is 0 Å². The highest BCUT2D eigenvalue weighted by atomic mass is 16.5. The highest BCUT2D eigenvalue weighted by Crippen LogP contribution is 2.52. The zero-order chi connectivity index (χ0) is 17.6. The number of carbonyl (C=O) groups is 1. The lowest BCUT2D eigenvalue weighted by atomic mass is 10.0. The minimum Gasteiger partial charge on any atom is -0.449 e. The molecule has 0 aromatic carbocycles. The normalized spacial score (nSPS) is 24.6. The maximum atomic E-state index is 11.8. The Balaban J connectivity index is 1.32. The van der Waals surface area contributed by atoms with E-state index in [-0.39, 0.29) is 6.09 Å². The molecule has 1 heterocycles. The summed E-state index contributed by atoms with van der Waals surface area (Å²) in [5.74, 6) is 1.93. The van der Waals surface area contributed by atoms with Gasteiger partial charge in [0.1, 0.15) is 0 Å². The number of nitrogens with zero attached hydrogens (tertiary/aromatic N) is 3. The third kappa shape index (κ3) is 4.73. The van der Waals surface area contributed by atoms with E-state index in [1.165, 1.54) is 31.4 Å². The number of carbonyl (C=O) groups excluding carboxylic acids is 1. The van der Waals surface area contributed by atoms with Crippen LogP contribution in [-0.2, 0) is 24.6 Å². The molecule has 1 saturated carbocycles. The van der Waals surface area contributed by atoms with Gasteiger partial charge in [-0.1, -0.05) is 37.8 Å². The minimum atomic E-state index is -0.246. The van der Waals surface area contributed by atoms with E-state index in [9.17, 15) is 4.79 Å². The van der Waals surface area contributed by atoms with Gasteiger partial charge in [0.15, 0.2) is 0 Å². The molecule has 1 aromatic heterocycles. The zero-order valence-corrected chi connectivity index (χ0v) is 15.7. The van der Waals surface area contributed by atoms with Gasteiger partial charge in [0, 0.05) is 13.6 Å². The number of hydrogen-bond acceptors (Lipinski definition) is 4. The summed E-state index contributed by atoms with van der Waals surface area (Å²) in [6.45, 7) is 3.51. The smallest absolute Gasteiger partial charge is 0.407 e. The standard InChI is InChI=1S/C19H32N4O2/c1-3-4-5-6-7-12-20-19(24)25-13-16-14-8-10-17-18(11-9-15(14)16)23(2)22-21-17/h14-16H,3-13H2,1-2H3,(H,20,24). The van der Waals surface area contributed by atoms with Crippen LogP contribution in [0.4, 0.5) is 4.79 Å². The Kier molecular flexibility index (Phi) is 6.32. The average Bonchev–Trinajstić information content (AvgIpc) is 3.13. The van der Waals surface area contributed by atoms with Crippen molar-refractivity contribution in [1.29, 1.82) is 0 Å². The van der Waals surface area contributed by atoms with Gasteiger partial charge in [-0.25, -0.2) is 4.79 Å². The Morgan fingerprint density at radius 1 is 1.20 bits per heavy atom. The molecule has 0 saturated heterocycles. The Hall–Kier alpha value is -1.59. The lowest BCUT2D eigenvalue weighted by molar-refractivity contribution is 0.137. The minimum absolute atomic E-state index is 0.246. The summed E-state index contributed by atoms with van der Waals surface area (Å²) in [7, 11) is 1.98. The Labute approximate surface area is 150 Å². The van der Waals surface area contributed by atoms with Crippen LogP contribution in [0.25, 0.3) is 0 Å². The van der Waals surface area contributed by atoms with Crippen molar-refractivity contribution in [2.75, 3.05) is 13.2 Å². The molecular weight excluding hydrogens is 316 g/mol. The van der Waals surface area contributed by atoms with Crippen molar-refractivity contribution < 1.29 is 9.53 Å². The van der Waals surface area contributed by atoms with Crippen LogP contribution in [-0.4, -0.2) is 34.2 Å². The van der Waals surface area contributed by atoms with Gasteiger partial charge >= 0.3 is 6.09 Å². The van der Waals surface area contributed by atoms with E-state index < -0.39 is 0 Å². The lowest BCUT2D eigenvalue weighted by Gasteiger charge is -2.07. The van der Waals surface area contributed by atoms with Crippen molar-refractivity contribution in [3.63, 3.8) is 0 Å². The number of unbranched alkanes of at least 4 members (excludes halogenated alkanes) is 4. The fourth-order valence-corrected chi connectivity index (χ4v) is 4.30. The van der Waals surface area contributed by atoms with E-state index in [0.717, 1.165) is 44.3 Å². The van der Waals surface area contributed by atoms with Gasteiger partial charge in [-0.2, -0.15) is 0 Å². The summed E-state index contributed by atoms with van der Waals surface area (Å²) >= 11 is 0. The van der Waals surface area contributed by atoms with E-state index in [1.807, 2.05) is 11.7 Å². The number of aryl methyl sites for hydroxylation is 2. The van der Waals surface area contributed by atoms with Crippen LogP contribution < -0.4 is 5.32 Å². The SMILES string of the molecule is CCCCCCCNC(=O)OCC1C2CCc3nnn(C)c3CCC21. The second-order valence-corrected chi connectivity index (χ2v) is 7.61. The molecule has 2 aliphatic rings. The summed E-state index contributed by atoms with van der Waals surface area (Å²) in [5, 5.41) is 11.3. The monoisotopic (exact) mass is 348 g/mol. The highest BCUT2D eigenvalue weighted by molar-refractivity contribution is 5.67. The molecule has 1 aromatic rings. The second-order valence-electron chi connectivity index (χ2n) is 7.61. The number of rotatable bonds is 8. The van der Waals surface area contributed by atoms with Crippen molar-refractivity contribution in [3.05, 3.63) is 11.4 Å². The molecule has 2 aliphatic carbocycles. The highest BCUT2D eigenvalue weighted by Gasteiger charge is 2.50. The first kappa shape index (κ1) is 18.2. The fraction of sp³-hybridized carbons (Fsp3) is 0.842. The lowest BCUT2D eigenvalue weighted by Crippen LogP contribution is -2.26. The van der Waals surface area contributed by atoms with Gasteiger partial charge in [-0.3, -0.25) is 4.68 Å². The topological polar surface area (TPSA) is 69.0 Å². The van der Waals surface area contributed by atoms with E-state index in [1.54, 1.807) is 0 Å². The van der Waals surface area contributed by atoms with Crippen LogP contribution in [0.3, 0.4) is 0 Å². The first-order valence-electron chi connectivity index (χ1n) is 9.98. The zero-order valence-electron chi connectivity index (χ0n) is 15.7. The average molecular weight is 348 g/mol. The first-order valence-corrected chi connectivity index (χ1v) is 9.98. The molecule has 3 unspecified atom stereocenters. The number of hydrogen-bond donors (Lipinski definition) is 1. The molecular formula is C19H32N4O2. The predicted molar refractivity (Wildman–Crippen MR) is 96.2 cm³/mol. The number of ether oxygens (including phenoxy) is 1. The molecule has 3 rings (SSSR count). The third-order valence-corrected chi connectivity index (χ3v) is 5.92. The van der Waals surface area contributed by atoms with E-state index in [0.29, 0.717) is 24.4 Å². The predicted octanol–water partition coefficient (Wildman–Crippen LogP) is 3.25. The summed E-state index contributed by atoms with van der Waals surface area (Å²) in [6.07, 6.45) is 10.1. The third-order valence-electron chi connectivity index (χ3n) is 5.92. The quantitative estimate of drug-likeness (QED) is 0.732. The summed E-state index contributed by atoms with van der Waals surface area (Å²) in [4.78, 5) is 11.8. The van der Waals surface area contributed by atoms with Crippen molar-refractivity contribution in [1.82, 2.24) is 20.3 Å². The summed E-state index contributed by atoms with van der Waals surface area (Å²) in [6, 6.07) is 0. The van der Waals surface area contributed by atoms with Gasteiger partial charge in [-0.05, 0) is 49.9 Å². The molecule has 1 fully saturated rings. The Morgan fingerprint density at radius 3 is 2.76 bits per heavy atom. The second kappa shape index (κ2) is 8.68. The van der Waals surface area contributed by atoms with Gasteiger partial charge in [0.2, 0.25) is 0 Å². The van der Waals surface area contributed by atoms with Crippen LogP contribution in [0.2, 0.25) is 0 Å². The molecule has 6 nitrogen and oxygen atoms in total. The van der Waals surface area contributed by atoms with Crippen molar-refractivity contribution in [3.8, 4) is 0 Å². The number of fused-ring (bicyclic) bond motifs is 2. The van der Waals surface area contributed by atoms with E-state index >= 15 is 0 Å². The Bertz CT molecular complexity index is 572. The van der Waals surface area contributed by atoms with Crippen LogP contribution in [0.1, 0.15) is 63.3 Å². The Morgan fingerprint density at radius 2 is 1.96 bits per heavy atom. The van der Waals surface area contributed by atoms with Crippen LogP contribution in [0.5, 0.6) is 0 Å². The number of amides is 1. The van der Waals surface area contributed by atoms with Gasteiger partial charge in [-0.15, -0.1) is 5.10 Å². The van der Waals surface area contributed by atoms with Crippen molar-refractivity contribution in [2.24, 2.45) is 24.8 Å². The van der Waals surface area contributed by atoms with Crippen LogP contribution >= 0.6 is 0 Å². The largest absolute Gasteiger partial charge is 0.449 e. The molecule has 1 N–H and O–H groups in total. The number of aromatic nitrogens is 3. The van der Waals surface area contributed by atoms with Gasteiger partial charge in [0.05, 0.1) is 18.0 Å². The van der Waals surface area contributed by atoms with Crippen molar-refractivity contribution >= 4 is 6.09 Å². The molecule has 1 amide bonds. The maximum absolute atomic E-state index is 11.8.